The van der Waals surface area contributed by atoms with E-state index < -0.39 is 0 Å². The summed E-state index contributed by atoms with van der Waals surface area (Å²) < 4.78 is 0. The van der Waals surface area contributed by atoms with Gasteiger partial charge >= 0.3 is 0 Å². The number of hydrogen-bond acceptors (Lipinski definition) is 2. The number of para-hydroxylation sites is 1. The van der Waals surface area contributed by atoms with Crippen LogP contribution in [0.4, 0.5) is 0 Å². The van der Waals surface area contributed by atoms with E-state index in [-0.39, 0.29) is 11.9 Å². The van der Waals surface area contributed by atoms with Crippen molar-refractivity contribution < 1.29 is 4.79 Å². The Bertz CT molecular complexity index is 792. The molecule has 1 unspecified atom stereocenters. The number of nitrogens with one attached hydrogen (secondary N) is 2. The molecule has 4 nitrogen and oxygen atoms in total. The van der Waals surface area contributed by atoms with E-state index in [0.717, 1.165) is 27.9 Å². The summed E-state index contributed by atoms with van der Waals surface area (Å²) in [7, 11) is 0. The smallest absolute Gasteiger partial charge is 0.225 e. The second-order valence-corrected chi connectivity index (χ2v) is 5.49. The number of benzene rings is 1. The topological polar surface area (TPSA) is 57.8 Å². The quantitative estimate of drug-likeness (QED) is 0.775. The molecular weight excluding hydrogens is 274 g/mol. The first-order valence-electron chi connectivity index (χ1n) is 7.41. The Morgan fingerprint density at radius 3 is 2.77 bits per heavy atom. The Balaban J connectivity index is 1.75. The van der Waals surface area contributed by atoms with E-state index >= 15 is 0 Å². The highest BCUT2D eigenvalue weighted by Gasteiger charge is 2.15. The minimum absolute atomic E-state index is 0.00556. The number of aromatic amines is 1. The standard InChI is InChI=1S/C18H19N3O/c1-12-15(14-7-3-4-9-17(14)20-12)11-18(22)21-13(2)16-8-5-6-10-19-16/h3-10,13,20H,11H2,1-2H3,(H,21,22). The van der Waals surface area contributed by atoms with Crippen molar-refractivity contribution in [3.8, 4) is 0 Å². The van der Waals surface area contributed by atoms with Gasteiger partial charge in [0.05, 0.1) is 18.2 Å². The Kier molecular flexibility index (Phi) is 3.92. The van der Waals surface area contributed by atoms with Crippen molar-refractivity contribution in [1.82, 2.24) is 15.3 Å². The number of hydrogen-bond donors (Lipinski definition) is 2. The van der Waals surface area contributed by atoms with Crippen molar-refractivity contribution in [2.24, 2.45) is 0 Å². The van der Waals surface area contributed by atoms with Gasteiger partial charge in [0.25, 0.3) is 0 Å². The van der Waals surface area contributed by atoms with Gasteiger partial charge in [0, 0.05) is 22.8 Å². The number of pyridine rings is 1. The molecule has 3 aromatic rings. The molecule has 0 radical (unpaired) electrons. The lowest BCUT2D eigenvalue weighted by molar-refractivity contribution is -0.121. The molecule has 22 heavy (non-hydrogen) atoms. The number of aromatic nitrogens is 2. The Morgan fingerprint density at radius 2 is 2.00 bits per heavy atom. The fourth-order valence-electron chi connectivity index (χ4n) is 2.72. The maximum Gasteiger partial charge on any atom is 0.225 e. The zero-order valence-corrected chi connectivity index (χ0v) is 12.8. The van der Waals surface area contributed by atoms with Gasteiger partial charge in [0.15, 0.2) is 0 Å². The summed E-state index contributed by atoms with van der Waals surface area (Å²) >= 11 is 0. The van der Waals surface area contributed by atoms with Crippen LogP contribution in [0.3, 0.4) is 0 Å². The molecule has 0 saturated heterocycles. The largest absolute Gasteiger partial charge is 0.358 e. The first-order chi connectivity index (χ1) is 10.6. The highest BCUT2D eigenvalue weighted by molar-refractivity contribution is 5.90. The van der Waals surface area contributed by atoms with Crippen molar-refractivity contribution in [2.75, 3.05) is 0 Å². The average molecular weight is 293 g/mol. The molecule has 0 aliphatic rings. The van der Waals surface area contributed by atoms with Gasteiger partial charge < -0.3 is 10.3 Å². The molecule has 0 aliphatic heterocycles. The van der Waals surface area contributed by atoms with Crippen LogP contribution in [0.25, 0.3) is 10.9 Å². The highest BCUT2D eigenvalue weighted by Crippen LogP contribution is 2.22. The van der Waals surface area contributed by atoms with Gasteiger partial charge in [-0.25, -0.2) is 0 Å². The number of fused-ring (bicyclic) bond motifs is 1. The summed E-state index contributed by atoms with van der Waals surface area (Å²) in [6.45, 7) is 3.95. The van der Waals surface area contributed by atoms with Crippen LogP contribution in [0.1, 0.15) is 29.9 Å². The number of rotatable bonds is 4. The number of carbonyl (C=O) groups excluding carboxylic acids is 1. The molecule has 2 aromatic heterocycles. The van der Waals surface area contributed by atoms with E-state index in [2.05, 4.69) is 15.3 Å². The van der Waals surface area contributed by atoms with Crippen LogP contribution < -0.4 is 5.32 Å². The summed E-state index contributed by atoms with van der Waals surface area (Å²) in [4.78, 5) is 19.9. The van der Waals surface area contributed by atoms with Crippen LogP contribution >= 0.6 is 0 Å². The average Bonchev–Trinajstić information content (AvgIpc) is 2.84. The predicted molar refractivity (Wildman–Crippen MR) is 87.5 cm³/mol. The molecule has 112 valence electrons. The van der Waals surface area contributed by atoms with Gasteiger partial charge in [-0.3, -0.25) is 9.78 Å². The second-order valence-electron chi connectivity index (χ2n) is 5.49. The Labute approximate surface area is 129 Å². The number of H-pyrrole nitrogens is 1. The number of carbonyl (C=O) groups is 1. The number of aryl methyl sites for hydroxylation is 1. The molecule has 0 aliphatic carbocycles. The van der Waals surface area contributed by atoms with Crippen LogP contribution in [-0.4, -0.2) is 15.9 Å². The SMILES string of the molecule is Cc1[nH]c2ccccc2c1CC(=O)NC(C)c1ccccn1. The number of amides is 1. The number of nitrogens with zero attached hydrogens (tertiary/aromatic N) is 1. The van der Waals surface area contributed by atoms with E-state index in [4.69, 9.17) is 0 Å². The predicted octanol–water partition coefficient (Wildman–Crippen LogP) is 3.29. The molecule has 0 bridgehead atoms. The molecule has 0 spiro atoms. The molecule has 2 N–H and O–H groups in total. The van der Waals surface area contributed by atoms with E-state index in [9.17, 15) is 4.79 Å². The summed E-state index contributed by atoms with van der Waals surface area (Å²) in [6.07, 6.45) is 2.11. The third kappa shape index (κ3) is 2.86. The minimum Gasteiger partial charge on any atom is -0.358 e. The van der Waals surface area contributed by atoms with E-state index in [0.29, 0.717) is 6.42 Å². The van der Waals surface area contributed by atoms with E-state index in [1.807, 2.05) is 56.3 Å². The van der Waals surface area contributed by atoms with Crippen molar-refractivity contribution in [3.63, 3.8) is 0 Å². The maximum absolute atomic E-state index is 12.3. The van der Waals surface area contributed by atoms with Gasteiger partial charge in [-0.1, -0.05) is 24.3 Å². The van der Waals surface area contributed by atoms with Gasteiger partial charge in [-0.05, 0) is 37.6 Å². The minimum atomic E-state index is -0.0980. The molecule has 3 rings (SSSR count). The van der Waals surface area contributed by atoms with Crippen LogP contribution in [0.2, 0.25) is 0 Å². The van der Waals surface area contributed by atoms with E-state index in [1.54, 1.807) is 6.20 Å². The zero-order chi connectivity index (χ0) is 15.5. The van der Waals surface area contributed by atoms with Crippen LogP contribution in [0.15, 0.2) is 48.7 Å². The molecule has 1 amide bonds. The third-order valence-corrected chi connectivity index (χ3v) is 3.87. The molecule has 0 saturated carbocycles. The molecule has 0 fully saturated rings. The fraction of sp³-hybridized carbons (Fsp3) is 0.222. The maximum atomic E-state index is 12.3. The van der Waals surface area contributed by atoms with Crippen molar-refractivity contribution in [3.05, 3.63) is 65.6 Å². The lowest BCUT2D eigenvalue weighted by Gasteiger charge is -2.13. The van der Waals surface area contributed by atoms with Crippen LogP contribution in [0, 0.1) is 6.92 Å². The van der Waals surface area contributed by atoms with Gasteiger partial charge in [0.1, 0.15) is 0 Å². The summed E-state index contributed by atoms with van der Waals surface area (Å²) in [5.41, 5.74) is 4.04. The first-order valence-corrected chi connectivity index (χ1v) is 7.41. The summed E-state index contributed by atoms with van der Waals surface area (Å²) in [6, 6.07) is 13.7. The summed E-state index contributed by atoms with van der Waals surface area (Å²) in [5.74, 6) is 0.00556. The van der Waals surface area contributed by atoms with E-state index in [1.165, 1.54) is 0 Å². The molecular formula is C18H19N3O. The molecule has 4 heteroatoms. The monoisotopic (exact) mass is 293 g/mol. The first kappa shape index (κ1) is 14.3. The second kappa shape index (κ2) is 6.02. The molecule has 1 aromatic carbocycles. The third-order valence-electron chi connectivity index (χ3n) is 3.87. The van der Waals surface area contributed by atoms with Crippen molar-refractivity contribution in [2.45, 2.75) is 26.3 Å². The van der Waals surface area contributed by atoms with Gasteiger partial charge in [0.2, 0.25) is 5.91 Å². The highest BCUT2D eigenvalue weighted by atomic mass is 16.1. The van der Waals surface area contributed by atoms with Crippen LogP contribution in [-0.2, 0) is 11.2 Å². The van der Waals surface area contributed by atoms with Crippen LogP contribution in [0.5, 0.6) is 0 Å². The van der Waals surface area contributed by atoms with Crippen molar-refractivity contribution >= 4 is 16.8 Å². The Morgan fingerprint density at radius 1 is 1.23 bits per heavy atom. The summed E-state index contributed by atoms with van der Waals surface area (Å²) in [5, 5.41) is 4.12. The Hall–Kier alpha value is -2.62. The zero-order valence-electron chi connectivity index (χ0n) is 12.8. The lowest BCUT2D eigenvalue weighted by Crippen LogP contribution is -2.28. The molecule has 1 atom stereocenters. The molecule has 2 heterocycles. The van der Waals surface area contributed by atoms with Gasteiger partial charge in [-0.15, -0.1) is 0 Å². The normalized spacial score (nSPS) is 12.3. The fourth-order valence-corrected chi connectivity index (χ4v) is 2.72. The van der Waals surface area contributed by atoms with Gasteiger partial charge in [-0.2, -0.15) is 0 Å². The lowest BCUT2D eigenvalue weighted by atomic mass is 10.1. The van der Waals surface area contributed by atoms with Crippen molar-refractivity contribution in [1.29, 1.82) is 0 Å².